The van der Waals surface area contributed by atoms with Gasteiger partial charge in [0.15, 0.2) is 0 Å². The molecule has 0 bridgehead atoms. The molecular formula is C13H20FNO2. The first kappa shape index (κ1) is 13.9. The molecule has 0 heterocycles. The molecule has 0 aromatic heterocycles. The van der Waals surface area contributed by atoms with Crippen molar-refractivity contribution in [3.05, 3.63) is 29.6 Å². The number of hydrogen-bond donors (Lipinski definition) is 2. The molecule has 0 aliphatic carbocycles. The van der Waals surface area contributed by atoms with Gasteiger partial charge >= 0.3 is 0 Å². The predicted octanol–water partition coefficient (Wildman–Crippen LogP) is 2.09. The quantitative estimate of drug-likeness (QED) is 0.829. The Morgan fingerprint density at radius 3 is 2.41 bits per heavy atom. The van der Waals surface area contributed by atoms with Gasteiger partial charge in [0, 0.05) is 23.8 Å². The molecule has 3 nitrogen and oxygen atoms in total. The molecule has 0 saturated carbocycles. The highest BCUT2D eigenvalue weighted by molar-refractivity contribution is 5.55. The molecule has 0 unspecified atom stereocenters. The van der Waals surface area contributed by atoms with E-state index in [1.807, 2.05) is 18.7 Å². The summed E-state index contributed by atoms with van der Waals surface area (Å²) in [4.78, 5) is 1.88. The molecule has 4 heteroatoms. The Balaban J connectivity index is 3.22. The molecule has 1 aromatic rings. The van der Waals surface area contributed by atoms with Gasteiger partial charge < -0.3 is 15.1 Å². The molecule has 2 N–H and O–H groups in total. The lowest BCUT2D eigenvalue weighted by molar-refractivity contribution is 0.194. The minimum Gasteiger partial charge on any atom is -0.395 e. The highest BCUT2D eigenvalue weighted by atomic mass is 19.1. The van der Waals surface area contributed by atoms with Crippen molar-refractivity contribution in [3.8, 4) is 0 Å². The second-order valence-corrected chi connectivity index (χ2v) is 4.36. The smallest absolute Gasteiger partial charge is 0.131 e. The number of hydrogen-bond acceptors (Lipinski definition) is 3. The largest absolute Gasteiger partial charge is 0.395 e. The van der Waals surface area contributed by atoms with Crippen LogP contribution < -0.4 is 4.90 Å². The van der Waals surface area contributed by atoms with Crippen LogP contribution in [0.15, 0.2) is 18.2 Å². The lowest BCUT2D eigenvalue weighted by Crippen LogP contribution is -2.34. The van der Waals surface area contributed by atoms with Crippen LogP contribution in [0.3, 0.4) is 0 Å². The molecule has 0 fully saturated rings. The van der Waals surface area contributed by atoms with Gasteiger partial charge in [-0.3, -0.25) is 0 Å². The molecular weight excluding hydrogens is 221 g/mol. The van der Waals surface area contributed by atoms with Crippen LogP contribution in [-0.2, 0) is 0 Å². The lowest BCUT2D eigenvalue weighted by Gasteiger charge is -2.31. The van der Waals surface area contributed by atoms with Gasteiger partial charge in [-0.1, -0.05) is 6.07 Å². The summed E-state index contributed by atoms with van der Waals surface area (Å²) >= 11 is 0. The van der Waals surface area contributed by atoms with E-state index in [1.54, 1.807) is 19.1 Å². The minimum absolute atomic E-state index is 0.00601. The maximum Gasteiger partial charge on any atom is 0.131 e. The van der Waals surface area contributed by atoms with Gasteiger partial charge in [-0.2, -0.15) is 0 Å². The van der Waals surface area contributed by atoms with Gasteiger partial charge in [0.2, 0.25) is 0 Å². The van der Waals surface area contributed by atoms with Gasteiger partial charge in [0.25, 0.3) is 0 Å². The van der Waals surface area contributed by atoms with Crippen molar-refractivity contribution < 1.29 is 14.6 Å². The molecule has 0 amide bonds. The van der Waals surface area contributed by atoms with Gasteiger partial charge in [-0.15, -0.1) is 0 Å². The molecule has 0 aliphatic heterocycles. The van der Waals surface area contributed by atoms with Gasteiger partial charge in [0.1, 0.15) is 5.82 Å². The number of nitrogens with zero attached hydrogens (tertiary/aromatic N) is 1. The first-order valence-electron chi connectivity index (χ1n) is 5.83. The topological polar surface area (TPSA) is 43.7 Å². The number of benzene rings is 1. The standard InChI is InChI=1S/C13H20FNO2/c1-9(2)15(7-8-16)12-6-4-5-11(14)13(12)10(3)17/h4-6,9-10,16-17H,7-8H2,1-3H3/t10-/m0/s1. The van der Waals surface area contributed by atoms with E-state index in [-0.39, 0.29) is 18.2 Å². The van der Waals surface area contributed by atoms with E-state index < -0.39 is 11.9 Å². The summed E-state index contributed by atoms with van der Waals surface area (Å²) in [5.41, 5.74) is 0.929. The number of aliphatic hydroxyl groups excluding tert-OH is 2. The summed E-state index contributed by atoms with van der Waals surface area (Å²) in [6.07, 6.45) is -0.869. The zero-order valence-corrected chi connectivity index (χ0v) is 10.5. The summed E-state index contributed by atoms with van der Waals surface area (Å²) in [6, 6.07) is 4.84. The van der Waals surface area contributed by atoms with Crippen LogP contribution in [-0.4, -0.2) is 29.4 Å². The molecule has 1 atom stereocenters. The van der Waals surface area contributed by atoms with Crippen molar-refractivity contribution in [1.29, 1.82) is 0 Å². The number of rotatable bonds is 5. The Kier molecular flexibility index (Phi) is 4.90. The van der Waals surface area contributed by atoms with Crippen molar-refractivity contribution in [2.45, 2.75) is 32.9 Å². The molecule has 0 radical (unpaired) electrons. The van der Waals surface area contributed by atoms with Crippen LogP contribution in [0, 0.1) is 5.82 Å². The Morgan fingerprint density at radius 1 is 1.29 bits per heavy atom. The third-order valence-electron chi connectivity index (χ3n) is 2.72. The van der Waals surface area contributed by atoms with Crippen molar-refractivity contribution >= 4 is 5.69 Å². The molecule has 0 aliphatic rings. The maximum absolute atomic E-state index is 13.7. The third kappa shape index (κ3) is 3.17. The van der Waals surface area contributed by atoms with Gasteiger partial charge in [-0.05, 0) is 32.9 Å². The average molecular weight is 241 g/mol. The zero-order valence-electron chi connectivity index (χ0n) is 10.5. The molecule has 17 heavy (non-hydrogen) atoms. The van der Waals surface area contributed by atoms with E-state index in [2.05, 4.69) is 0 Å². The van der Waals surface area contributed by atoms with Crippen LogP contribution in [0.5, 0.6) is 0 Å². The van der Waals surface area contributed by atoms with Crippen molar-refractivity contribution in [2.24, 2.45) is 0 Å². The van der Waals surface area contributed by atoms with Crippen molar-refractivity contribution in [3.63, 3.8) is 0 Å². The lowest BCUT2D eigenvalue weighted by atomic mass is 10.1. The van der Waals surface area contributed by atoms with Crippen molar-refractivity contribution in [2.75, 3.05) is 18.1 Å². The molecule has 1 aromatic carbocycles. The van der Waals surface area contributed by atoms with Crippen LogP contribution in [0.25, 0.3) is 0 Å². The fourth-order valence-electron chi connectivity index (χ4n) is 1.95. The van der Waals surface area contributed by atoms with Crippen LogP contribution in [0.4, 0.5) is 10.1 Å². The highest BCUT2D eigenvalue weighted by Crippen LogP contribution is 2.29. The molecule has 1 rings (SSSR count). The third-order valence-corrected chi connectivity index (χ3v) is 2.72. The maximum atomic E-state index is 13.7. The Labute approximate surface area is 101 Å². The van der Waals surface area contributed by atoms with E-state index in [0.717, 1.165) is 0 Å². The second kappa shape index (κ2) is 5.98. The molecule has 0 spiro atoms. The summed E-state index contributed by atoms with van der Waals surface area (Å²) in [6.45, 7) is 5.88. The molecule has 96 valence electrons. The number of aliphatic hydroxyl groups is 2. The van der Waals surface area contributed by atoms with Crippen LogP contribution >= 0.6 is 0 Å². The minimum atomic E-state index is -0.869. The van der Waals surface area contributed by atoms with Gasteiger partial charge in [0.05, 0.1) is 12.7 Å². The van der Waals surface area contributed by atoms with E-state index >= 15 is 0 Å². The highest BCUT2D eigenvalue weighted by Gasteiger charge is 2.19. The van der Waals surface area contributed by atoms with E-state index in [1.165, 1.54) is 6.07 Å². The van der Waals surface area contributed by atoms with E-state index in [0.29, 0.717) is 12.2 Å². The van der Waals surface area contributed by atoms with E-state index in [9.17, 15) is 9.50 Å². The summed E-state index contributed by atoms with van der Waals surface area (Å²) < 4.78 is 13.7. The summed E-state index contributed by atoms with van der Waals surface area (Å²) in [5, 5.41) is 18.7. The number of halogens is 1. The SMILES string of the molecule is CC(C)N(CCO)c1cccc(F)c1[C@H](C)O. The van der Waals surface area contributed by atoms with Crippen LogP contribution in [0.1, 0.15) is 32.4 Å². The monoisotopic (exact) mass is 241 g/mol. The van der Waals surface area contributed by atoms with Crippen molar-refractivity contribution in [1.82, 2.24) is 0 Å². The first-order chi connectivity index (χ1) is 7.99. The normalized spacial score (nSPS) is 12.9. The predicted molar refractivity (Wildman–Crippen MR) is 66.6 cm³/mol. The van der Waals surface area contributed by atoms with E-state index in [4.69, 9.17) is 5.11 Å². The Hall–Kier alpha value is -1.13. The number of anilines is 1. The first-order valence-corrected chi connectivity index (χ1v) is 5.83. The Morgan fingerprint density at radius 2 is 1.94 bits per heavy atom. The van der Waals surface area contributed by atoms with Gasteiger partial charge in [-0.25, -0.2) is 4.39 Å². The second-order valence-electron chi connectivity index (χ2n) is 4.36. The summed E-state index contributed by atoms with van der Waals surface area (Å²) in [7, 11) is 0. The Bertz CT molecular complexity index is 366. The zero-order chi connectivity index (χ0) is 13.0. The fourth-order valence-corrected chi connectivity index (χ4v) is 1.95. The fraction of sp³-hybridized carbons (Fsp3) is 0.538. The molecule has 0 saturated heterocycles. The average Bonchev–Trinajstić information content (AvgIpc) is 2.24. The van der Waals surface area contributed by atoms with Crippen LogP contribution in [0.2, 0.25) is 0 Å². The summed E-state index contributed by atoms with van der Waals surface area (Å²) in [5.74, 6) is -0.416.